The Bertz CT molecular complexity index is 569. The fourth-order valence-electron chi connectivity index (χ4n) is 2.81. The second kappa shape index (κ2) is 7.22. The molecule has 1 aliphatic rings. The van der Waals surface area contributed by atoms with Crippen LogP contribution in [-0.4, -0.2) is 47.7 Å². The zero-order valence-electron chi connectivity index (χ0n) is 14.7. The molecule has 1 fully saturated rings. The average Bonchev–Trinajstić information content (AvgIpc) is 2.88. The summed E-state index contributed by atoms with van der Waals surface area (Å²) in [5.41, 5.74) is 2.19. The number of likely N-dealkylation sites (N-methyl/N-ethyl adjacent to an activating group) is 1. The number of rotatable bonds is 3. The van der Waals surface area contributed by atoms with Crippen molar-refractivity contribution in [2.24, 2.45) is 0 Å². The molecule has 128 valence electrons. The summed E-state index contributed by atoms with van der Waals surface area (Å²) in [5.74, 6) is 0. The number of amides is 1. The van der Waals surface area contributed by atoms with E-state index in [9.17, 15) is 4.79 Å². The molecule has 1 atom stereocenters. The number of likely N-dealkylation sites (tertiary alicyclic amines) is 1. The van der Waals surface area contributed by atoms with Crippen molar-refractivity contribution in [3.05, 3.63) is 33.8 Å². The van der Waals surface area contributed by atoms with E-state index in [0.29, 0.717) is 0 Å². The second-order valence-corrected chi connectivity index (χ2v) is 8.26. The van der Waals surface area contributed by atoms with Crippen molar-refractivity contribution >= 4 is 22.0 Å². The predicted molar refractivity (Wildman–Crippen MR) is 96.6 cm³/mol. The lowest BCUT2D eigenvalue weighted by molar-refractivity contribution is 0.0228. The lowest BCUT2D eigenvalue weighted by Crippen LogP contribution is -2.42. The van der Waals surface area contributed by atoms with Crippen molar-refractivity contribution < 1.29 is 9.53 Å². The molecule has 1 amide bonds. The third kappa shape index (κ3) is 5.21. The molecule has 0 aliphatic carbocycles. The molecule has 5 heteroatoms. The Balaban J connectivity index is 1.93. The van der Waals surface area contributed by atoms with E-state index < -0.39 is 5.60 Å². The minimum Gasteiger partial charge on any atom is -0.444 e. The Hall–Kier alpha value is -1.07. The Labute approximate surface area is 147 Å². The summed E-state index contributed by atoms with van der Waals surface area (Å²) >= 11 is 3.54. The van der Waals surface area contributed by atoms with Crippen molar-refractivity contribution in [2.75, 3.05) is 20.1 Å². The normalized spacial score (nSPS) is 19.0. The van der Waals surface area contributed by atoms with Gasteiger partial charge in [0.05, 0.1) is 0 Å². The van der Waals surface area contributed by atoms with Gasteiger partial charge in [-0.1, -0.05) is 22.0 Å². The standard InChI is InChI=1S/C18H27BrN2O2/c1-13-6-7-15(19)10-14(13)11-21-9-8-16(12-21)20(5)17(22)23-18(2,3)4/h6-7,10,16H,8-9,11-12H2,1-5H3/t16-/m1/s1. The Kier molecular flexibility index (Phi) is 5.74. The fourth-order valence-corrected chi connectivity index (χ4v) is 3.21. The van der Waals surface area contributed by atoms with E-state index in [0.717, 1.165) is 30.5 Å². The molecule has 0 N–H and O–H groups in total. The minimum atomic E-state index is -0.447. The molecule has 0 spiro atoms. The number of halogens is 1. The van der Waals surface area contributed by atoms with Gasteiger partial charge in [0.1, 0.15) is 5.60 Å². The zero-order valence-corrected chi connectivity index (χ0v) is 16.3. The largest absolute Gasteiger partial charge is 0.444 e. The van der Waals surface area contributed by atoms with Gasteiger partial charge in [0.2, 0.25) is 0 Å². The number of hydrogen-bond acceptors (Lipinski definition) is 3. The predicted octanol–water partition coefficient (Wildman–Crippen LogP) is 4.20. The van der Waals surface area contributed by atoms with Gasteiger partial charge in [-0.15, -0.1) is 0 Å². The van der Waals surface area contributed by atoms with Crippen LogP contribution in [0.15, 0.2) is 22.7 Å². The molecule has 1 aromatic rings. The SMILES string of the molecule is Cc1ccc(Br)cc1CN1CC[C@@H](N(C)C(=O)OC(C)(C)C)C1. The number of ether oxygens (including phenoxy) is 1. The van der Waals surface area contributed by atoms with Crippen LogP contribution in [0, 0.1) is 6.92 Å². The monoisotopic (exact) mass is 382 g/mol. The van der Waals surface area contributed by atoms with Crippen molar-refractivity contribution in [1.82, 2.24) is 9.80 Å². The number of carbonyl (C=O) groups excluding carboxylic acids is 1. The number of carbonyl (C=O) groups is 1. The van der Waals surface area contributed by atoms with E-state index in [1.54, 1.807) is 4.90 Å². The molecule has 4 nitrogen and oxygen atoms in total. The molecular formula is C18H27BrN2O2. The summed E-state index contributed by atoms with van der Waals surface area (Å²) in [6.07, 6.45) is 0.756. The van der Waals surface area contributed by atoms with Gasteiger partial charge >= 0.3 is 6.09 Å². The number of nitrogens with zero attached hydrogens (tertiary/aromatic N) is 2. The van der Waals surface area contributed by atoms with E-state index in [-0.39, 0.29) is 12.1 Å². The maximum Gasteiger partial charge on any atom is 0.410 e. The first-order chi connectivity index (χ1) is 10.7. The third-order valence-corrected chi connectivity index (χ3v) is 4.68. The molecule has 1 heterocycles. The van der Waals surface area contributed by atoms with Crippen LogP contribution < -0.4 is 0 Å². The van der Waals surface area contributed by atoms with Crippen LogP contribution in [-0.2, 0) is 11.3 Å². The summed E-state index contributed by atoms with van der Waals surface area (Å²) in [6, 6.07) is 6.61. The van der Waals surface area contributed by atoms with Gasteiger partial charge < -0.3 is 9.64 Å². The van der Waals surface area contributed by atoms with E-state index in [4.69, 9.17) is 4.74 Å². The van der Waals surface area contributed by atoms with E-state index in [2.05, 4.69) is 46.0 Å². The van der Waals surface area contributed by atoms with Crippen molar-refractivity contribution in [3.8, 4) is 0 Å². The molecule has 2 rings (SSSR count). The number of benzene rings is 1. The van der Waals surface area contributed by atoms with Gasteiger partial charge in [0, 0.05) is 37.2 Å². The van der Waals surface area contributed by atoms with E-state index in [1.807, 2.05) is 27.8 Å². The molecule has 0 bridgehead atoms. The Morgan fingerprint density at radius 1 is 1.43 bits per heavy atom. The van der Waals surface area contributed by atoms with Crippen LogP contribution in [0.2, 0.25) is 0 Å². The maximum absolute atomic E-state index is 12.2. The summed E-state index contributed by atoms with van der Waals surface area (Å²) in [4.78, 5) is 16.3. The summed E-state index contributed by atoms with van der Waals surface area (Å²) in [5, 5.41) is 0. The average molecular weight is 383 g/mol. The highest BCUT2D eigenvalue weighted by atomic mass is 79.9. The highest BCUT2D eigenvalue weighted by Gasteiger charge is 2.31. The molecule has 0 aromatic heterocycles. The van der Waals surface area contributed by atoms with Gasteiger partial charge in [-0.25, -0.2) is 4.79 Å². The molecule has 0 radical (unpaired) electrons. The lowest BCUT2D eigenvalue weighted by Gasteiger charge is -2.28. The van der Waals surface area contributed by atoms with Crippen molar-refractivity contribution in [2.45, 2.75) is 52.3 Å². The number of hydrogen-bond donors (Lipinski definition) is 0. The molecule has 1 saturated heterocycles. The summed E-state index contributed by atoms with van der Waals surface area (Å²) in [7, 11) is 1.84. The molecule has 1 aromatic carbocycles. The van der Waals surface area contributed by atoms with Crippen molar-refractivity contribution in [3.63, 3.8) is 0 Å². The Morgan fingerprint density at radius 3 is 2.78 bits per heavy atom. The fraction of sp³-hybridized carbons (Fsp3) is 0.611. The first-order valence-corrected chi connectivity index (χ1v) is 8.88. The molecule has 0 unspecified atom stereocenters. The van der Waals surface area contributed by atoms with Gasteiger partial charge in [-0.05, 0) is 57.4 Å². The van der Waals surface area contributed by atoms with Gasteiger partial charge in [-0.3, -0.25) is 4.90 Å². The topological polar surface area (TPSA) is 32.8 Å². The van der Waals surface area contributed by atoms with E-state index >= 15 is 0 Å². The molecule has 0 saturated carbocycles. The van der Waals surface area contributed by atoms with Crippen LogP contribution in [0.1, 0.15) is 38.3 Å². The van der Waals surface area contributed by atoms with Crippen LogP contribution in [0.25, 0.3) is 0 Å². The quantitative estimate of drug-likeness (QED) is 0.784. The Morgan fingerprint density at radius 2 is 2.13 bits per heavy atom. The maximum atomic E-state index is 12.2. The minimum absolute atomic E-state index is 0.220. The van der Waals surface area contributed by atoms with Gasteiger partial charge in [0.25, 0.3) is 0 Å². The highest BCUT2D eigenvalue weighted by molar-refractivity contribution is 9.10. The highest BCUT2D eigenvalue weighted by Crippen LogP contribution is 2.22. The second-order valence-electron chi connectivity index (χ2n) is 7.34. The lowest BCUT2D eigenvalue weighted by atomic mass is 10.1. The first kappa shape index (κ1) is 18.3. The van der Waals surface area contributed by atoms with Crippen LogP contribution in [0.5, 0.6) is 0 Å². The summed E-state index contributed by atoms with van der Waals surface area (Å²) < 4.78 is 6.57. The first-order valence-electron chi connectivity index (χ1n) is 8.09. The van der Waals surface area contributed by atoms with E-state index in [1.165, 1.54) is 11.1 Å². The molecular weight excluding hydrogens is 356 g/mol. The van der Waals surface area contributed by atoms with Gasteiger partial charge in [-0.2, -0.15) is 0 Å². The smallest absolute Gasteiger partial charge is 0.410 e. The van der Waals surface area contributed by atoms with Crippen LogP contribution >= 0.6 is 15.9 Å². The van der Waals surface area contributed by atoms with Crippen LogP contribution in [0.3, 0.4) is 0 Å². The number of aryl methyl sites for hydroxylation is 1. The third-order valence-electron chi connectivity index (χ3n) is 4.18. The molecule has 1 aliphatic heterocycles. The zero-order chi connectivity index (χ0) is 17.2. The van der Waals surface area contributed by atoms with Crippen molar-refractivity contribution in [1.29, 1.82) is 0 Å². The van der Waals surface area contributed by atoms with Gasteiger partial charge in [0.15, 0.2) is 0 Å². The molecule has 23 heavy (non-hydrogen) atoms. The van der Waals surface area contributed by atoms with Crippen LogP contribution in [0.4, 0.5) is 4.79 Å². The summed E-state index contributed by atoms with van der Waals surface area (Å²) in [6.45, 7) is 10.7.